The molecule has 4 aromatic rings. The minimum atomic E-state index is -3.77. The fourth-order valence-corrected chi connectivity index (χ4v) is 5.41. The summed E-state index contributed by atoms with van der Waals surface area (Å²) < 4.78 is 40.7. The summed E-state index contributed by atoms with van der Waals surface area (Å²) in [7, 11) is -2.47. The van der Waals surface area contributed by atoms with Gasteiger partial charge in [-0.2, -0.15) is 5.10 Å². The molecule has 3 aromatic carbocycles. The quantitative estimate of drug-likeness (QED) is 0.159. The third-order valence-corrected chi connectivity index (χ3v) is 8.91. The Balaban J connectivity index is 1.63. The summed E-state index contributed by atoms with van der Waals surface area (Å²) in [5.74, 6) is -1.98. The summed E-state index contributed by atoms with van der Waals surface area (Å²) in [6.07, 6.45) is 2.93. The van der Waals surface area contributed by atoms with Gasteiger partial charge in [-0.3, -0.25) is 23.4 Å². The molecule has 48 heavy (non-hydrogen) atoms. The molecule has 3 amide bonds. The Morgan fingerprint density at radius 3 is 2.17 bits per heavy atom. The fraction of sp³-hybridized carbons (Fsp3) is 0.294. The molecule has 0 saturated heterocycles. The van der Waals surface area contributed by atoms with E-state index in [1.165, 1.54) is 66.6 Å². The number of hydrogen-bond acceptors (Lipinski definition) is 7. The Labute approximate surface area is 279 Å². The number of anilines is 1. The number of benzene rings is 3. The van der Waals surface area contributed by atoms with Crippen LogP contribution >= 0.6 is 0 Å². The summed E-state index contributed by atoms with van der Waals surface area (Å²) >= 11 is 0. The number of nitrogens with one attached hydrogen (secondary N) is 3. The number of carbonyl (C=O) groups is 3. The van der Waals surface area contributed by atoms with Crippen LogP contribution in [0.1, 0.15) is 62.1 Å². The van der Waals surface area contributed by atoms with E-state index in [2.05, 4.69) is 21.0 Å². The van der Waals surface area contributed by atoms with Crippen molar-refractivity contribution < 1.29 is 32.3 Å². The zero-order chi connectivity index (χ0) is 35.0. The lowest BCUT2D eigenvalue weighted by atomic mass is 10.00. The molecule has 0 spiro atoms. The second kappa shape index (κ2) is 15.7. The van der Waals surface area contributed by atoms with E-state index in [0.29, 0.717) is 17.7 Å². The van der Waals surface area contributed by atoms with Crippen molar-refractivity contribution in [2.75, 3.05) is 24.2 Å². The number of sulfonamides is 1. The van der Waals surface area contributed by atoms with Gasteiger partial charge in [-0.05, 0) is 61.7 Å². The van der Waals surface area contributed by atoms with Crippen LogP contribution in [0.4, 0.5) is 10.1 Å². The predicted octanol–water partition coefficient (Wildman–Crippen LogP) is 3.06. The highest BCUT2D eigenvalue weighted by molar-refractivity contribution is 7.92. The Morgan fingerprint density at radius 1 is 0.938 bits per heavy atom. The van der Waals surface area contributed by atoms with E-state index < -0.39 is 45.8 Å². The Kier molecular flexibility index (Phi) is 11.7. The number of nitrogens with zero attached hydrogens (tertiary/aromatic N) is 3. The van der Waals surface area contributed by atoms with Crippen molar-refractivity contribution >= 4 is 33.4 Å². The second-order valence-corrected chi connectivity index (χ2v) is 13.4. The lowest BCUT2D eigenvalue weighted by molar-refractivity contribution is 0.0780. The first-order valence-corrected chi connectivity index (χ1v) is 17.1. The van der Waals surface area contributed by atoms with E-state index in [-0.39, 0.29) is 35.7 Å². The van der Waals surface area contributed by atoms with Crippen molar-refractivity contribution in [1.29, 1.82) is 0 Å². The minimum absolute atomic E-state index is 0.0108. The standard InChI is InChI=1S/C34H39FN6O6S/c1-5-36-32(43)27-19-37-41(20-27)21-31(42)30(15-23-9-7-6-8-10-23)39-34(45)26-16-25(17-29(18-26)40(3)48(4,46)47)33(44)38-22(2)24-11-13-28(35)14-12-24/h6-14,16-20,22,30-31,42H,5,15,21H2,1-4H3,(H,36,43)(H,38,44)(H,39,45)/t22-,30+,31+/m1/s1. The van der Waals surface area contributed by atoms with Gasteiger partial charge >= 0.3 is 0 Å². The molecule has 254 valence electrons. The summed E-state index contributed by atoms with van der Waals surface area (Å²) in [6.45, 7) is 3.89. The van der Waals surface area contributed by atoms with Crippen molar-refractivity contribution in [3.05, 3.63) is 119 Å². The van der Waals surface area contributed by atoms with E-state index in [0.717, 1.165) is 16.1 Å². The van der Waals surface area contributed by atoms with Gasteiger partial charge in [0.15, 0.2) is 0 Å². The zero-order valence-electron chi connectivity index (χ0n) is 27.1. The van der Waals surface area contributed by atoms with Gasteiger partial charge in [-0.25, -0.2) is 12.8 Å². The van der Waals surface area contributed by atoms with Gasteiger partial charge in [0.1, 0.15) is 5.82 Å². The van der Waals surface area contributed by atoms with Crippen LogP contribution in [-0.2, 0) is 23.0 Å². The van der Waals surface area contributed by atoms with Gasteiger partial charge in [-0.1, -0.05) is 42.5 Å². The average molecular weight is 679 g/mol. The summed E-state index contributed by atoms with van der Waals surface area (Å²) in [6, 6.07) is 17.4. The normalized spacial score (nSPS) is 13.2. The first kappa shape index (κ1) is 35.8. The van der Waals surface area contributed by atoms with Crippen molar-refractivity contribution in [2.45, 2.75) is 45.0 Å². The first-order valence-electron chi connectivity index (χ1n) is 15.2. The molecule has 0 aliphatic heterocycles. The smallest absolute Gasteiger partial charge is 0.254 e. The Morgan fingerprint density at radius 2 is 1.56 bits per heavy atom. The number of amides is 3. The predicted molar refractivity (Wildman–Crippen MR) is 180 cm³/mol. The van der Waals surface area contributed by atoms with Crippen molar-refractivity contribution in [3.8, 4) is 0 Å². The van der Waals surface area contributed by atoms with E-state index in [9.17, 15) is 32.3 Å². The fourth-order valence-electron chi connectivity index (χ4n) is 4.93. The Hall–Kier alpha value is -5.08. The van der Waals surface area contributed by atoms with Crippen LogP contribution in [0.25, 0.3) is 0 Å². The molecular weight excluding hydrogens is 639 g/mol. The summed E-state index contributed by atoms with van der Waals surface area (Å²) in [5, 5.41) is 23.9. The lowest BCUT2D eigenvalue weighted by Gasteiger charge is -2.25. The van der Waals surface area contributed by atoms with Crippen LogP contribution in [0.2, 0.25) is 0 Å². The SMILES string of the molecule is CCNC(=O)c1cnn(C[C@H](O)[C@H](Cc2ccccc2)NC(=O)c2cc(C(=O)N[C@H](C)c3ccc(F)cc3)cc(N(C)S(C)(=O)=O)c2)c1. The molecule has 0 radical (unpaired) electrons. The Bertz CT molecular complexity index is 1850. The monoisotopic (exact) mass is 678 g/mol. The number of aliphatic hydroxyl groups is 1. The largest absolute Gasteiger partial charge is 0.389 e. The molecule has 0 bridgehead atoms. The number of carbonyl (C=O) groups excluding carboxylic acids is 3. The van der Waals surface area contributed by atoms with Crippen LogP contribution in [0, 0.1) is 5.82 Å². The number of rotatable bonds is 14. The third kappa shape index (κ3) is 9.48. The molecule has 4 N–H and O–H groups in total. The average Bonchev–Trinajstić information content (AvgIpc) is 3.52. The maximum absolute atomic E-state index is 13.8. The van der Waals surface area contributed by atoms with Crippen molar-refractivity contribution in [1.82, 2.24) is 25.7 Å². The number of halogens is 1. The van der Waals surface area contributed by atoms with Crippen molar-refractivity contribution in [3.63, 3.8) is 0 Å². The van der Waals surface area contributed by atoms with Crippen LogP contribution in [0.15, 0.2) is 85.2 Å². The van der Waals surface area contributed by atoms with Gasteiger partial charge in [0.25, 0.3) is 17.7 Å². The molecule has 0 fully saturated rings. The highest BCUT2D eigenvalue weighted by Gasteiger charge is 2.26. The number of hydrogen-bond donors (Lipinski definition) is 4. The van der Waals surface area contributed by atoms with E-state index in [1.54, 1.807) is 13.8 Å². The highest BCUT2D eigenvalue weighted by atomic mass is 32.2. The zero-order valence-corrected chi connectivity index (χ0v) is 27.9. The third-order valence-electron chi connectivity index (χ3n) is 7.71. The first-order chi connectivity index (χ1) is 22.7. The lowest BCUT2D eigenvalue weighted by Crippen LogP contribution is -2.46. The molecule has 3 atom stereocenters. The van der Waals surface area contributed by atoms with Crippen LogP contribution in [-0.4, -0.2) is 73.0 Å². The maximum atomic E-state index is 13.8. The summed E-state index contributed by atoms with van der Waals surface area (Å²) in [4.78, 5) is 39.4. The minimum Gasteiger partial charge on any atom is -0.389 e. The number of aliphatic hydroxyl groups excluding tert-OH is 1. The van der Waals surface area contributed by atoms with Crippen molar-refractivity contribution in [2.24, 2.45) is 0 Å². The van der Waals surface area contributed by atoms with Gasteiger partial charge in [0, 0.05) is 30.9 Å². The molecule has 0 saturated carbocycles. The molecule has 0 unspecified atom stereocenters. The molecular formula is C34H39FN6O6S. The molecule has 1 aromatic heterocycles. The molecule has 12 nitrogen and oxygen atoms in total. The van der Waals surface area contributed by atoms with Gasteiger partial charge in [0.05, 0.1) is 48.4 Å². The van der Waals surface area contributed by atoms with Gasteiger partial charge in [-0.15, -0.1) is 0 Å². The molecule has 14 heteroatoms. The molecule has 1 heterocycles. The van der Waals surface area contributed by atoms with Crippen LogP contribution < -0.4 is 20.3 Å². The molecule has 0 aliphatic rings. The second-order valence-electron chi connectivity index (χ2n) is 11.4. The van der Waals surface area contributed by atoms with Gasteiger partial charge in [0.2, 0.25) is 10.0 Å². The maximum Gasteiger partial charge on any atom is 0.254 e. The van der Waals surface area contributed by atoms with Crippen LogP contribution in [0.5, 0.6) is 0 Å². The van der Waals surface area contributed by atoms with Crippen LogP contribution in [0.3, 0.4) is 0 Å². The topological polar surface area (TPSA) is 163 Å². The highest BCUT2D eigenvalue weighted by Crippen LogP contribution is 2.23. The van der Waals surface area contributed by atoms with E-state index >= 15 is 0 Å². The number of aromatic nitrogens is 2. The van der Waals surface area contributed by atoms with E-state index in [4.69, 9.17) is 0 Å². The van der Waals surface area contributed by atoms with E-state index in [1.807, 2.05) is 30.3 Å². The summed E-state index contributed by atoms with van der Waals surface area (Å²) in [5.41, 5.74) is 1.84. The molecule has 4 rings (SSSR count). The van der Waals surface area contributed by atoms with Gasteiger partial charge < -0.3 is 21.1 Å². The molecule has 0 aliphatic carbocycles.